The van der Waals surface area contributed by atoms with E-state index in [0.29, 0.717) is 6.29 Å². The van der Waals surface area contributed by atoms with E-state index in [0.717, 1.165) is 15.9 Å². The summed E-state index contributed by atoms with van der Waals surface area (Å²) in [5, 5.41) is 9.13. The molecule has 1 aromatic carbocycles. The number of hydrogen-bond donors (Lipinski definition) is 0. The maximum Gasteiger partial charge on any atom is 0.296 e. The summed E-state index contributed by atoms with van der Waals surface area (Å²) in [6.07, 6.45) is 0.377. The van der Waals surface area contributed by atoms with E-state index < -0.39 is 29.5 Å². The maximum atomic E-state index is 12.3. The lowest BCUT2D eigenvalue weighted by molar-refractivity contribution is -0.761. The van der Waals surface area contributed by atoms with Gasteiger partial charge in [0.25, 0.3) is 22.8 Å². The van der Waals surface area contributed by atoms with Crippen molar-refractivity contribution < 1.29 is 29.1 Å². The van der Waals surface area contributed by atoms with Gasteiger partial charge in [-0.2, -0.15) is 0 Å². The van der Waals surface area contributed by atoms with Gasteiger partial charge in [-0.05, 0) is 19.1 Å². The first kappa shape index (κ1) is 17.1. The summed E-state index contributed by atoms with van der Waals surface area (Å²) in [5.41, 5.74) is -0.174. The number of carbonyl (C=O) groups excluding carboxylic acids is 4. The molecule has 2 rings (SSSR count). The highest BCUT2D eigenvalue weighted by atomic mass is 17.0. The van der Waals surface area contributed by atoms with Gasteiger partial charge in [0.1, 0.15) is 0 Å². The van der Waals surface area contributed by atoms with Crippen LogP contribution < -0.4 is 0 Å². The number of benzene rings is 1. The molecule has 1 aliphatic rings. The van der Waals surface area contributed by atoms with Crippen molar-refractivity contribution in [1.29, 1.82) is 0 Å². The fourth-order valence-electron chi connectivity index (χ4n) is 2.32. The zero-order valence-corrected chi connectivity index (χ0v) is 12.8. The molecule has 0 bridgehead atoms. The average Bonchev–Trinajstić information content (AvgIpc) is 2.80. The van der Waals surface area contributed by atoms with E-state index in [9.17, 15) is 29.3 Å². The molecule has 24 heavy (non-hydrogen) atoms. The number of imide groups is 1. The molecule has 10 nitrogen and oxygen atoms in total. The van der Waals surface area contributed by atoms with Crippen molar-refractivity contribution in [3.8, 4) is 0 Å². The predicted octanol–water partition coefficient (Wildman–Crippen LogP) is 0.353. The van der Waals surface area contributed by atoms with Crippen molar-refractivity contribution in [3.05, 3.63) is 44.5 Å². The lowest BCUT2D eigenvalue weighted by atomic mass is 9.99. The number of amides is 3. The molecule has 10 heteroatoms. The summed E-state index contributed by atoms with van der Waals surface area (Å²) in [6.45, 7) is 1.13. The zero-order valence-electron chi connectivity index (χ0n) is 12.8. The fourth-order valence-corrected chi connectivity index (χ4v) is 2.32. The highest BCUT2D eigenvalue weighted by Crippen LogP contribution is 2.26. The third-order valence-corrected chi connectivity index (χ3v) is 3.52. The Hall–Kier alpha value is -3.30. The van der Waals surface area contributed by atoms with Crippen molar-refractivity contribution in [2.45, 2.75) is 6.92 Å². The first-order valence-electron chi connectivity index (χ1n) is 6.84. The van der Waals surface area contributed by atoms with E-state index in [1.54, 1.807) is 6.92 Å². The molecule has 0 aliphatic carbocycles. The van der Waals surface area contributed by atoms with Crippen LogP contribution in [0.3, 0.4) is 0 Å². The van der Waals surface area contributed by atoms with Gasteiger partial charge in [0.2, 0.25) is 0 Å². The van der Waals surface area contributed by atoms with Gasteiger partial charge in [-0.15, -0.1) is 10.1 Å². The van der Waals surface area contributed by atoms with Crippen LogP contribution in [0.4, 0.5) is 0 Å². The average molecular weight is 335 g/mol. The minimum absolute atomic E-state index is 0.0133. The Morgan fingerprint density at radius 2 is 1.92 bits per heavy atom. The van der Waals surface area contributed by atoms with E-state index in [4.69, 9.17) is 0 Å². The molecule has 0 N–H and O–H groups in total. The Balaban J connectivity index is 2.42. The number of aldehydes is 1. The van der Waals surface area contributed by atoms with Gasteiger partial charge < -0.3 is 4.90 Å². The molecule has 0 aromatic heterocycles. The monoisotopic (exact) mass is 335 g/mol. The minimum atomic E-state index is -1.06. The topological polar surface area (TPSA) is 127 Å². The van der Waals surface area contributed by atoms with E-state index >= 15 is 0 Å². The lowest BCUT2D eigenvalue weighted by Gasteiger charge is -2.16. The van der Waals surface area contributed by atoms with E-state index in [1.807, 2.05) is 0 Å². The Kier molecular flexibility index (Phi) is 4.58. The van der Waals surface area contributed by atoms with Crippen molar-refractivity contribution in [3.63, 3.8) is 0 Å². The van der Waals surface area contributed by atoms with Crippen LogP contribution in [0.25, 0.3) is 0 Å². The van der Waals surface area contributed by atoms with Gasteiger partial charge in [-0.3, -0.25) is 28.9 Å². The zero-order chi connectivity index (χ0) is 18.0. The van der Waals surface area contributed by atoms with Crippen molar-refractivity contribution in [2.75, 3.05) is 20.3 Å². The summed E-state index contributed by atoms with van der Waals surface area (Å²) < 4.78 is 0. The summed E-state index contributed by atoms with van der Waals surface area (Å²) in [4.78, 5) is 64.0. The van der Waals surface area contributed by atoms with Crippen molar-refractivity contribution in [1.82, 2.24) is 9.80 Å². The highest BCUT2D eigenvalue weighted by Gasteiger charge is 2.36. The van der Waals surface area contributed by atoms with Crippen LogP contribution in [0.2, 0.25) is 0 Å². The second kappa shape index (κ2) is 6.44. The van der Waals surface area contributed by atoms with Crippen LogP contribution in [-0.2, 0) is 4.84 Å². The van der Waals surface area contributed by atoms with Gasteiger partial charge in [-0.1, -0.05) is 0 Å². The van der Waals surface area contributed by atoms with Crippen LogP contribution in [0.1, 0.15) is 48.4 Å². The first-order chi connectivity index (χ1) is 11.3. The predicted molar refractivity (Wildman–Crippen MR) is 77.9 cm³/mol. The van der Waals surface area contributed by atoms with Crippen LogP contribution in [0.15, 0.2) is 12.1 Å². The van der Waals surface area contributed by atoms with Gasteiger partial charge in [0.15, 0.2) is 13.0 Å². The first-order valence-corrected chi connectivity index (χ1v) is 6.84. The quantitative estimate of drug-likeness (QED) is 0.241. The van der Waals surface area contributed by atoms with E-state index in [2.05, 4.69) is 4.84 Å². The molecule has 0 atom stereocenters. The molecule has 0 spiro atoms. The molecule has 0 fully saturated rings. The summed E-state index contributed by atoms with van der Waals surface area (Å²) in [5.74, 6) is -1.85. The van der Waals surface area contributed by atoms with E-state index in [1.165, 1.54) is 13.1 Å². The Morgan fingerprint density at radius 1 is 1.33 bits per heavy atom. The van der Waals surface area contributed by atoms with Crippen molar-refractivity contribution in [2.24, 2.45) is 0 Å². The second-order valence-corrected chi connectivity index (χ2v) is 4.94. The molecule has 1 aromatic rings. The molecule has 126 valence electrons. The molecular weight excluding hydrogens is 322 g/mol. The summed E-state index contributed by atoms with van der Waals surface area (Å²) in [6, 6.07) is 2.33. The van der Waals surface area contributed by atoms with E-state index in [-0.39, 0.29) is 28.8 Å². The van der Waals surface area contributed by atoms with Gasteiger partial charge >= 0.3 is 0 Å². The standard InChI is InChI=1S/C14H13N3O7/c1-3-16-13(20)10-4-8(6-18)9(5-11(10)14(16)21)12(19)15(2)7-24-17(22)23/h4-6H,3,7H2,1-2H3. The molecule has 1 aliphatic heterocycles. The van der Waals surface area contributed by atoms with Gasteiger partial charge in [-0.25, -0.2) is 0 Å². The molecule has 0 saturated carbocycles. The Labute approximate surface area is 135 Å². The lowest BCUT2D eigenvalue weighted by Crippen LogP contribution is -2.31. The van der Waals surface area contributed by atoms with Gasteiger partial charge in [0.05, 0.1) is 16.7 Å². The number of hydrogen-bond acceptors (Lipinski definition) is 7. The largest absolute Gasteiger partial charge is 0.318 e. The Morgan fingerprint density at radius 3 is 2.42 bits per heavy atom. The number of nitrogens with zero attached hydrogens (tertiary/aromatic N) is 3. The van der Waals surface area contributed by atoms with Crippen LogP contribution in [0, 0.1) is 10.1 Å². The number of rotatable bonds is 6. The summed E-state index contributed by atoms with van der Waals surface area (Å²) >= 11 is 0. The third-order valence-electron chi connectivity index (χ3n) is 3.52. The molecule has 3 amide bonds. The number of fused-ring (bicyclic) bond motifs is 1. The molecule has 0 radical (unpaired) electrons. The van der Waals surface area contributed by atoms with Crippen LogP contribution in [-0.4, -0.2) is 59.2 Å². The number of carbonyl (C=O) groups is 4. The fraction of sp³-hybridized carbons (Fsp3) is 0.286. The third kappa shape index (κ3) is 2.81. The smallest absolute Gasteiger partial charge is 0.296 e. The SMILES string of the molecule is CCN1C(=O)c2cc(C=O)c(C(=O)N(C)CO[N+](=O)[O-])cc2C1=O. The van der Waals surface area contributed by atoms with Crippen molar-refractivity contribution >= 4 is 24.0 Å². The molecule has 0 unspecified atom stereocenters. The summed E-state index contributed by atoms with van der Waals surface area (Å²) in [7, 11) is 1.24. The van der Waals surface area contributed by atoms with Crippen LogP contribution >= 0.6 is 0 Å². The molecule has 0 saturated heterocycles. The van der Waals surface area contributed by atoms with Gasteiger partial charge in [0, 0.05) is 19.2 Å². The molecule has 1 heterocycles. The molecular formula is C14H13N3O7. The minimum Gasteiger partial charge on any atom is -0.318 e. The second-order valence-electron chi connectivity index (χ2n) is 4.94. The van der Waals surface area contributed by atoms with Crippen LogP contribution in [0.5, 0.6) is 0 Å². The highest BCUT2D eigenvalue weighted by molar-refractivity contribution is 6.22. The normalized spacial score (nSPS) is 12.8. The maximum absolute atomic E-state index is 12.3. The Bertz CT molecular complexity index is 759.